The van der Waals surface area contributed by atoms with Crippen LogP contribution in [0.3, 0.4) is 0 Å². The smallest absolute Gasteiger partial charge is 0.258 e. The molecule has 1 aromatic carbocycles. The molecule has 5 nitrogen and oxygen atoms in total. The molecule has 0 amide bonds. The second-order valence-electron chi connectivity index (χ2n) is 6.35. The first-order chi connectivity index (χ1) is 12.1. The molecule has 1 saturated heterocycles. The molecule has 1 aliphatic rings. The molecule has 0 bridgehead atoms. The van der Waals surface area contributed by atoms with Gasteiger partial charge in [0.25, 0.3) is 5.56 Å². The summed E-state index contributed by atoms with van der Waals surface area (Å²) in [5.74, 6) is -0.328. The number of piperazine rings is 1. The summed E-state index contributed by atoms with van der Waals surface area (Å²) >= 11 is 0. The van der Waals surface area contributed by atoms with E-state index >= 15 is 0 Å². The van der Waals surface area contributed by atoms with Gasteiger partial charge in [-0.2, -0.15) is 0 Å². The summed E-state index contributed by atoms with van der Waals surface area (Å²) in [6, 6.07) is 9.97. The Morgan fingerprint density at radius 2 is 1.92 bits per heavy atom. The number of aryl methyl sites for hydroxylation is 1. The Kier molecular flexibility index (Phi) is 3.97. The summed E-state index contributed by atoms with van der Waals surface area (Å²) < 4.78 is 15.2. The van der Waals surface area contributed by atoms with Crippen molar-refractivity contribution in [2.75, 3.05) is 31.1 Å². The Hall–Kier alpha value is -2.73. The van der Waals surface area contributed by atoms with Gasteiger partial charge < -0.3 is 10.2 Å². The number of halogens is 1. The van der Waals surface area contributed by atoms with Gasteiger partial charge in [0, 0.05) is 44.0 Å². The van der Waals surface area contributed by atoms with Crippen molar-refractivity contribution in [1.82, 2.24) is 14.7 Å². The van der Waals surface area contributed by atoms with Crippen molar-refractivity contribution in [1.29, 1.82) is 0 Å². The number of hydrogen-bond donors (Lipinski definition) is 1. The fraction of sp³-hybridized carbons (Fsp3) is 0.263. The van der Waals surface area contributed by atoms with E-state index in [1.54, 1.807) is 4.40 Å². The van der Waals surface area contributed by atoms with Crippen molar-refractivity contribution in [2.45, 2.75) is 6.92 Å². The van der Waals surface area contributed by atoms with E-state index in [9.17, 15) is 9.18 Å². The van der Waals surface area contributed by atoms with E-state index in [1.165, 1.54) is 18.2 Å². The highest BCUT2D eigenvalue weighted by molar-refractivity contribution is 5.63. The summed E-state index contributed by atoms with van der Waals surface area (Å²) in [6.07, 6.45) is 1.83. The van der Waals surface area contributed by atoms with Crippen LogP contribution >= 0.6 is 0 Å². The highest BCUT2D eigenvalue weighted by atomic mass is 19.1. The molecule has 3 aromatic rings. The van der Waals surface area contributed by atoms with Crippen LogP contribution < -0.4 is 15.8 Å². The number of aromatic nitrogens is 2. The molecular weight excluding hydrogens is 319 g/mol. The standard InChI is InChI=1S/C19H19FN4O/c1-13-8-14(10-15(20)9-13)17-11-19(25)24-12-16(2-3-18(24)22-17)23-6-4-21-5-7-23/h2-3,8-12,21H,4-7H2,1H3. The molecular formula is C19H19FN4O. The van der Waals surface area contributed by atoms with Crippen LogP contribution in [0.15, 0.2) is 47.4 Å². The minimum atomic E-state index is -0.328. The maximum absolute atomic E-state index is 13.7. The number of anilines is 1. The van der Waals surface area contributed by atoms with Crippen molar-refractivity contribution >= 4 is 11.3 Å². The Balaban J connectivity index is 1.79. The van der Waals surface area contributed by atoms with Gasteiger partial charge >= 0.3 is 0 Å². The van der Waals surface area contributed by atoms with E-state index in [-0.39, 0.29) is 11.4 Å². The minimum Gasteiger partial charge on any atom is -0.368 e. The summed E-state index contributed by atoms with van der Waals surface area (Å²) in [5, 5.41) is 3.31. The van der Waals surface area contributed by atoms with Crippen molar-refractivity contribution in [3.63, 3.8) is 0 Å². The lowest BCUT2D eigenvalue weighted by atomic mass is 10.1. The van der Waals surface area contributed by atoms with Gasteiger partial charge in [0.1, 0.15) is 11.5 Å². The highest BCUT2D eigenvalue weighted by Gasteiger charge is 2.12. The SMILES string of the molecule is Cc1cc(F)cc(-c2cc(=O)n3cc(N4CCNCC4)ccc3n2)c1. The molecule has 2 aromatic heterocycles. The second kappa shape index (κ2) is 6.29. The summed E-state index contributed by atoms with van der Waals surface area (Å²) in [7, 11) is 0. The molecule has 4 rings (SSSR count). The first kappa shape index (κ1) is 15.8. The van der Waals surface area contributed by atoms with Crippen LogP contribution in [0.2, 0.25) is 0 Å². The van der Waals surface area contributed by atoms with Crippen molar-refractivity contribution in [2.24, 2.45) is 0 Å². The molecule has 1 fully saturated rings. The molecule has 0 saturated carbocycles. The lowest BCUT2D eigenvalue weighted by Crippen LogP contribution is -2.43. The molecule has 0 unspecified atom stereocenters. The quantitative estimate of drug-likeness (QED) is 0.778. The maximum atomic E-state index is 13.7. The number of pyridine rings is 1. The fourth-order valence-corrected chi connectivity index (χ4v) is 3.23. The van der Waals surface area contributed by atoms with Crippen molar-refractivity contribution in [3.05, 3.63) is 64.3 Å². The number of benzene rings is 1. The molecule has 0 radical (unpaired) electrons. The third-order valence-corrected chi connectivity index (χ3v) is 4.46. The molecule has 0 aliphatic carbocycles. The predicted octanol–water partition coefficient (Wildman–Crippen LogP) is 2.22. The van der Waals surface area contributed by atoms with E-state index in [1.807, 2.05) is 31.3 Å². The maximum Gasteiger partial charge on any atom is 0.258 e. The molecule has 1 N–H and O–H groups in total. The van der Waals surface area contributed by atoms with E-state index in [0.29, 0.717) is 16.9 Å². The molecule has 128 valence electrons. The largest absolute Gasteiger partial charge is 0.368 e. The van der Waals surface area contributed by atoms with Crippen molar-refractivity contribution in [3.8, 4) is 11.3 Å². The monoisotopic (exact) mass is 338 g/mol. The molecule has 6 heteroatoms. The van der Waals surface area contributed by atoms with E-state index in [0.717, 1.165) is 37.4 Å². The highest BCUT2D eigenvalue weighted by Crippen LogP contribution is 2.21. The lowest BCUT2D eigenvalue weighted by molar-refractivity contribution is 0.588. The third kappa shape index (κ3) is 3.13. The van der Waals surface area contributed by atoms with E-state index in [2.05, 4.69) is 15.2 Å². The van der Waals surface area contributed by atoms with E-state index in [4.69, 9.17) is 0 Å². The first-order valence-corrected chi connectivity index (χ1v) is 8.37. The molecule has 25 heavy (non-hydrogen) atoms. The summed E-state index contributed by atoms with van der Waals surface area (Å²) in [5.41, 5.74) is 3.30. The Morgan fingerprint density at radius 1 is 1.12 bits per heavy atom. The zero-order valence-electron chi connectivity index (χ0n) is 14.0. The Morgan fingerprint density at radius 3 is 2.68 bits per heavy atom. The zero-order chi connectivity index (χ0) is 17.4. The summed E-state index contributed by atoms with van der Waals surface area (Å²) in [4.78, 5) is 19.4. The van der Waals surface area contributed by atoms with E-state index < -0.39 is 0 Å². The number of nitrogens with one attached hydrogen (secondary N) is 1. The number of rotatable bonds is 2. The number of hydrogen-bond acceptors (Lipinski definition) is 4. The van der Waals surface area contributed by atoms with Crippen LogP contribution in [-0.2, 0) is 0 Å². The van der Waals surface area contributed by atoms with Gasteiger partial charge in [0.15, 0.2) is 0 Å². The van der Waals surface area contributed by atoms with Crippen LogP contribution in [0.5, 0.6) is 0 Å². The van der Waals surface area contributed by atoms with Gasteiger partial charge in [0.05, 0.1) is 11.4 Å². The lowest BCUT2D eigenvalue weighted by Gasteiger charge is -2.29. The van der Waals surface area contributed by atoms with Crippen LogP contribution in [0.1, 0.15) is 5.56 Å². The number of nitrogens with zero attached hydrogens (tertiary/aromatic N) is 3. The van der Waals surface area contributed by atoms with Crippen LogP contribution in [0, 0.1) is 12.7 Å². The van der Waals surface area contributed by atoms with Crippen molar-refractivity contribution < 1.29 is 4.39 Å². The zero-order valence-corrected chi connectivity index (χ0v) is 14.0. The third-order valence-electron chi connectivity index (χ3n) is 4.46. The van der Waals surface area contributed by atoms with Crippen LogP contribution in [-0.4, -0.2) is 35.6 Å². The van der Waals surface area contributed by atoms with Gasteiger partial charge in [0.2, 0.25) is 0 Å². The minimum absolute atomic E-state index is 0.168. The van der Waals surface area contributed by atoms with Gasteiger partial charge in [-0.05, 0) is 42.8 Å². The average Bonchev–Trinajstić information content (AvgIpc) is 2.61. The van der Waals surface area contributed by atoms with Crippen LogP contribution in [0.4, 0.5) is 10.1 Å². The van der Waals surface area contributed by atoms with Crippen LogP contribution in [0.25, 0.3) is 16.9 Å². The topological polar surface area (TPSA) is 49.6 Å². The first-order valence-electron chi connectivity index (χ1n) is 8.37. The Bertz CT molecular complexity index is 972. The fourth-order valence-electron chi connectivity index (χ4n) is 3.23. The molecule has 0 atom stereocenters. The van der Waals surface area contributed by atoms with Gasteiger partial charge in [-0.1, -0.05) is 0 Å². The summed E-state index contributed by atoms with van der Waals surface area (Å²) in [6.45, 7) is 5.51. The Labute approximate surface area is 144 Å². The second-order valence-corrected chi connectivity index (χ2v) is 6.35. The molecule has 3 heterocycles. The molecule has 0 spiro atoms. The molecule has 1 aliphatic heterocycles. The normalized spacial score (nSPS) is 14.9. The average molecular weight is 338 g/mol. The van der Waals surface area contributed by atoms with Gasteiger partial charge in [-0.15, -0.1) is 0 Å². The number of fused-ring (bicyclic) bond motifs is 1. The predicted molar refractivity (Wildman–Crippen MR) is 96.7 cm³/mol. The van der Waals surface area contributed by atoms with Gasteiger partial charge in [-0.3, -0.25) is 9.20 Å². The van der Waals surface area contributed by atoms with Gasteiger partial charge in [-0.25, -0.2) is 9.37 Å².